The minimum Gasteiger partial charge on any atom is -0.465 e. The van der Waals surface area contributed by atoms with Crippen molar-refractivity contribution in [1.29, 1.82) is 0 Å². The molecule has 0 aliphatic heterocycles. The first-order valence-corrected chi connectivity index (χ1v) is 7.72. The van der Waals surface area contributed by atoms with Crippen LogP contribution in [0, 0.1) is 12.7 Å². The van der Waals surface area contributed by atoms with Gasteiger partial charge in [0.2, 0.25) is 0 Å². The minimum atomic E-state index is -1.17. The molecular formula is C18H16FN3O3. The van der Waals surface area contributed by atoms with Gasteiger partial charge in [0.05, 0.1) is 11.1 Å². The lowest BCUT2D eigenvalue weighted by Gasteiger charge is -2.15. The number of nitrogens with one attached hydrogen (secondary N) is 1. The van der Waals surface area contributed by atoms with E-state index in [9.17, 15) is 14.0 Å². The SMILES string of the molecule is Cc1ccc(F)c2nc(CCNC(=O)O)n(-c3ccccc3)c(=O)c12. The molecule has 0 aliphatic carbocycles. The topological polar surface area (TPSA) is 84.2 Å². The maximum atomic E-state index is 14.2. The minimum absolute atomic E-state index is 0.00232. The van der Waals surface area contributed by atoms with Gasteiger partial charge in [-0.15, -0.1) is 0 Å². The molecule has 0 aliphatic rings. The Kier molecular flexibility index (Phi) is 4.47. The van der Waals surface area contributed by atoms with Crippen molar-refractivity contribution in [3.05, 3.63) is 70.0 Å². The van der Waals surface area contributed by atoms with Gasteiger partial charge in [-0.05, 0) is 30.7 Å². The van der Waals surface area contributed by atoms with Crippen LogP contribution in [0.2, 0.25) is 0 Å². The second-order valence-electron chi connectivity index (χ2n) is 5.57. The van der Waals surface area contributed by atoms with Gasteiger partial charge in [0.1, 0.15) is 17.2 Å². The molecule has 0 fully saturated rings. The number of fused-ring (bicyclic) bond motifs is 1. The lowest BCUT2D eigenvalue weighted by molar-refractivity contribution is 0.194. The molecule has 3 aromatic rings. The molecule has 2 N–H and O–H groups in total. The molecule has 0 atom stereocenters. The van der Waals surface area contributed by atoms with Crippen LogP contribution in [-0.2, 0) is 6.42 Å². The summed E-state index contributed by atoms with van der Waals surface area (Å²) in [4.78, 5) is 28.0. The van der Waals surface area contributed by atoms with Gasteiger partial charge >= 0.3 is 6.09 Å². The Hall–Kier alpha value is -3.22. The Morgan fingerprint density at radius 3 is 2.64 bits per heavy atom. The third-order valence-corrected chi connectivity index (χ3v) is 3.89. The summed E-state index contributed by atoms with van der Waals surface area (Å²) in [7, 11) is 0. The fourth-order valence-corrected chi connectivity index (χ4v) is 2.75. The highest BCUT2D eigenvalue weighted by atomic mass is 19.1. The summed E-state index contributed by atoms with van der Waals surface area (Å²) in [6.45, 7) is 1.79. The summed E-state index contributed by atoms with van der Waals surface area (Å²) >= 11 is 0. The van der Waals surface area contributed by atoms with Crippen molar-refractivity contribution in [2.45, 2.75) is 13.3 Å². The Morgan fingerprint density at radius 2 is 1.96 bits per heavy atom. The van der Waals surface area contributed by atoms with Crippen LogP contribution in [-0.4, -0.2) is 27.3 Å². The van der Waals surface area contributed by atoms with E-state index in [2.05, 4.69) is 10.3 Å². The van der Waals surface area contributed by atoms with Crippen LogP contribution in [0.3, 0.4) is 0 Å². The van der Waals surface area contributed by atoms with Gasteiger partial charge in [-0.2, -0.15) is 0 Å². The third-order valence-electron chi connectivity index (χ3n) is 3.89. The van der Waals surface area contributed by atoms with E-state index in [0.29, 0.717) is 17.1 Å². The van der Waals surface area contributed by atoms with Gasteiger partial charge < -0.3 is 10.4 Å². The molecule has 2 aromatic carbocycles. The van der Waals surface area contributed by atoms with Gasteiger partial charge in [-0.1, -0.05) is 24.3 Å². The summed E-state index contributed by atoms with van der Waals surface area (Å²) < 4.78 is 15.6. The second-order valence-corrected chi connectivity index (χ2v) is 5.57. The Bertz CT molecular complexity index is 1000. The molecule has 1 amide bonds. The Labute approximate surface area is 142 Å². The fourth-order valence-electron chi connectivity index (χ4n) is 2.75. The number of aromatic nitrogens is 2. The quantitative estimate of drug-likeness (QED) is 0.764. The van der Waals surface area contributed by atoms with E-state index >= 15 is 0 Å². The predicted octanol–water partition coefficient (Wildman–Crippen LogP) is 2.64. The highest BCUT2D eigenvalue weighted by Crippen LogP contribution is 2.19. The zero-order chi connectivity index (χ0) is 18.0. The molecule has 0 unspecified atom stereocenters. The molecule has 6 nitrogen and oxygen atoms in total. The predicted molar refractivity (Wildman–Crippen MR) is 91.8 cm³/mol. The molecule has 0 saturated heterocycles. The number of nitrogens with zero attached hydrogens (tertiary/aromatic N) is 2. The highest BCUT2D eigenvalue weighted by molar-refractivity contribution is 5.82. The average Bonchev–Trinajstić information content (AvgIpc) is 2.58. The molecule has 1 heterocycles. The largest absolute Gasteiger partial charge is 0.465 e. The van der Waals surface area contributed by atoms with Gasteiger partial charge in [-0.3, -0.25) is 9.36 Å². The number of carbonyl (C=O) groups is 1. The molecular weight excluding hydrogens is 325 g/mol. The first kappa shape index (κ1) is 16.6. The van der Waals surface area contributed by atoms with E-state index in [-0.39, 0.29) is 29.4 Å². The normalized spacial score (nSPS) is 10.8. The molecule has 3 rings (SSSR count). The van der Waals surface area contributed by atoms with Crippen molar-refractivity contribution in [1.82, 2.24) is 14.9 Å². The molecule has 128 valence electrons. The molecule has 0 saturated carbocycles. The van der Waals surface area contributed by atoms with Crippen molar-refractivity contribution >= 4 is 17.0 Å². The highest BCUT2D eigenvalue weighted by Gasteiger charge is 2.16. The number of hydrogen-bond donors (Lipinski definition) is 2. The summed E-state index contributed by atoms with van der Waals surface area (Å²) in [6.07, 6.45) is -1.02. The monoisotopic (exact) mass is 341 g/mol. The van der Waals surface area contributed by atoms with E-state index in [1.807, 2.05) is 6.07 Å². The fraction of sp³-hybridized carbons (Fsp3) is 0.167. The number of hydrogen-bond acceptors (Lipinski definition) is 3. The van der Waals surface area contributed by atoms with Gasteiger partial charge in [0, 0.05) is 13.0 Å². The number of para-hydroxylation sites is 1. The van der Waals surface area contributed by atoms with Crippen LogP contribution in [0.15, 0.2) is 47.3 Å². The standard InChI is InChI=1S/C18H16FN3O3/c1-11-7-8-13(19)16-15(11)17(23)22(12-5-3-2-4-6-12)14(21-16)9-10-20-18(24)25/h2-8,20H,9-10H2,1H3,(H,24,25). The smallest absolute Gasteiger partial charge is 0.404 e. The first-order valence-electron chi connectivity index (χ1n) is 7.72. The number of halogens is 1. The van der Waals surface area contributed by atoms with Crippen LogP contribution in [0.25, 0.3) is 16.6 Å². The van der Waals surface area contributed by atoms with E-state index in [1.54, 1.807) is 37.3 Å². The van der Waals surface area contributed by atoms with Crippen LogP contribution in [0.5, 0.6) is 0 Å². The van der Waals surface area contributed by atoms with E-state index < -0.39 is 11.9 Å². The molecule has 0 bridgehead atoms. The lowest BCUT2D eigenvalue weighted by atomic mass is 10.1. The summed E-state index contributed by atoms with van der Waals surface area (Å²) in [6, 6.07) is 11.7. The lowest BCUT2D eigenvalue weighted by Crippen LogP contribution is -2.29. The van der Waals surface area contributed by atoms with Crippen molar-refractivity contribution in [3.8, 4) is 5.69 Å². The molecule has 1 aromatic heterocycles. The Balaban J connectivity index is 2.26. The number of carboxylic acid groups (broad SMARTS) is 1. The van der Waals surface area contributed by atoms with Gasteiger partial charge in [0.15, 0.2) is 0 Å². The summed E-state index contributed by atoms with van der Waals surface area (Å²) in [5.41, 5.74) is 0.853. The van der Waals surface area contributed by atoms with E-state index in [4.69, 9.17) is 5.11 Å². The number of aryl methyl sites for hydroxylation is 1. The van der Waals surface area contributed by atoms with Crippen LogP contribution in [0.4, 0.5) is 9.18 Å². The van der Waals surface area contributed by atoms with Crippen molar-refractivity contribution in [2.75, 3.05) is 6.54 Å². The van der Waals surface area contributed by atoms with E-state index in [1.165, 1.54) is 10.6 Å². The molecule has 0 radical (unpaired) electrons. The maximum absolute atomic E-state index is 14.2. The Morgan fingerprint density at radius 1 is 1.24 bits per heavy atom. The first-order chi connectivity index (χ1) is 12.0. The van der Waals surface area contributed by atoms with Crippen molar-refractivity contribution < 1.29 is 14.3 Å². The van der Waals surface area contributed by atoms with Crippen molar-refractivity contribution in [2.24, 2.45) is 0 Å². The maximum Gasteiger partial charge on any atom is 0.404 e. The average molecular weight is 341 g/mol. The molecule has 0 spiro atoms. The zero-order valence-corrected chi connectivity index (χ0v) is 13.5. The third kappa shape index (κ3) is 3.21. The van der Waals surface area contributed by atoms with Crippen LogP contribution >= 0.6 is 0 Å². The van der Waals surface area contributed by atoms with E-state index in [0.717, 1.165) is 0 Å². The van der Waals surface area contributed by atoms with Gasteiger partial charge in [0.25, 0.3) is 5.56 Å². The number of benzene rings is 2. The van der Waals surface area contributed by atoms with Crippen LogP contribution in [0.1, 0.15) is 11.4 Å². The van der Waals surface area contributed by atoms with Gasteiger partial charge in [-0.25, -0.2) is 14.2 Å². The van der Waals surface area contributed by atoms with Crippen LogP contribution < -0.4 is 10.9 Å². The molecule has 7 heteroatoms. The second kappa shape index (κ2) is 6.72. The van der Waals surface area contributed by atoms with Crippen molar-refractivity contribution in [3.63, 3.8) is 0 Å². The zero-order valence-electron chi connectivity index (χ0n) is 13.5. The summed E-state index contributed by atoms with van der Waals surface area (Å²) in [5.74, 6) is -0.285. The number of amides is 1. The molecule has 25 heavy (non-hydrogen) atoms. The number of rotatable bonds is 4. The summed E-state index contributed by atoms with van der Waals surface area (Å²) in [5, 5.41) is 11.2.